The number of ether oxygens (including phenoxy) is 1. The van der Waals surface area contributed by atoms with Crippen molar-refractivity contribution in [3.8, 4) is 17.0 Å². The van der Waals surface area contributed by atoms with Gasteiger partial charge in [0, 0.05) is 48.6 Å². The Kier molecular flexibility index (Phi) is 7.15. The zero-order valence-electron chi connectivity index (χ0n) is 20.0. The lowest BCUT2D eigenvalue weighted by molar-refractivity contribution is -0.384. The second-order valence-corrected chi connectivity index (χ2v) is 8.47. The summed E-state index contributed by atoms with van der Waals surface area (Å²) in [5.41, 5.74) is 2.25. The van der Waals surface area contributed by atoms with Crippen molar-refractivity contribution in [3.63, 3.8) is 0 Å². The third-order valence-electron chi connectivity index (χ3n) is 6.02. The number of hydrogen-bond acceptors (Lipinski definition) is 10. The summed E-state index contributed by atoms with van der Waals surface area (Å²) in [6.07, 6.45) is -0.0379. The minimum atomic E-state index is -1.51. The standard InChI is InChI=1S/C25H23FN6O6/c26-23-15-30(10-11-31(23)25(33)16-36-20-7-5-19(6-8-20)32(34)35)18-3-1-17(2-4-18)22-13-21(38-28-22)14-27-24-9-12-37-29-24/h1-9,12-13,23H,10-11,14-16H2,(H,27,29). The second kappa shape index (κ2) is 11.0. The molecule has 1 aliphatic rings. The Morgan fingerprint density at radius 1 is 1.13 bits per heavy atom. The average Bonchev–Trinajstić information content (AvgIpc) is 3.63. The quantitative estimate of drug-likeness (QED) is 0.196. The van der Waals surface area contributed by atoms with Crippen LogP contribution in [0.15, 0.2) is 76.0 Å². The molecule has 1 unspecified atom stereocenters. The molecule has 4 aromatic rings. The molecule has 0 aliphatic carbocycles. The molecule has 0 radical (unpaired) electrons. The SMILES string of the molecule is O=C(COc1ccc([N+](=O)[O-])cc1)N1CCN(c2ccc(-c3cc(CNc4ccon4)on3)cc2)CC1F. The predicted octanol–water partition coefficient (Wildman–Crippen LogP) is 3.87. The van der Waals surface area contributed by atoms with Gasteiger partial charge in [-0.25, -0.2) is 4.39 Å². The number of carbonyl (C=O) groups is 1. The van der Waals surface area contributed by atoms with E-state index in [4.69, 9.17) is 13.8 Å². The van der Waals surface area contributed by atoms with Crippen molar-refractivity contribution in [2.75, 3.05) is 36.5 Å². The van der Waals surface area contributed by atoms with Gasteiger partial charge in [-0.1, -0.05) is 22.4 Å². The molecular formula is C25H23FN6O6. The number of carbonyl (C=O) groups excluding carboxylic acids is 1. The van der Waals surface area contributed by atoms with E-state index in [1.54, 1.807) is 6.07 Å². The number of alkyl halides is 1. The van der Waals surface area contributed by atoms with Gasteiger partial charge in [0.25, 0.3) is 11.6 Å². The van der Waals surface area contributed by atoms with Crippen molar-refractivity contribution in [2.45, 2.75) is 12.8 Å². The van der Waals surface area contributed by atoms with Crippen LogP contribution in [0.3, 0.4) is 0 Å². The fourth-order valence-corrected chi connectivity index (χ4v) is 4.00. The van der Waals surface area contributed by atoms with Gasteiger partial charge in [-0.3, -0.25) is 14.9 Å². The molecule has 1 N–H and O–H groups in total. The lowest BCUT2D eigenvalue weighted by Gasteiger charge is -2.38. The first-order valence-corrected chi connectivity index (χ1v) is 11.7. The molecule has 3 heterocycles. The summed E-state index contributed by atoms with van der Waals surface area (Å²) >= 11 is 0. The van der Waals surface area contributed by atoms with Crippen molar-refractivity contribution >= 4 is 23.1 Å². The molecule has 1 amide bonds. The van der Waals surface area contributed by atoms with E-state index in [0.29, 0.717) is 36.1 Å². The van der Waals surface area contributed by atoms with Gasteiger partial charge in [0.2, 0.25) is 0 Å². The zero-order chi connectivity index (χ0) is 26.5. The fraction of sp³-hybridized carbons (Fsp3) is 0.240. The first-order chi connectivity index (χ1) is 18.5. The summed E-state index contributed by atoms with van der Waals surface area (Å²) < 4.78 is 30.4. The summed E-state index contributed by atoms with van der Waals surface area (Å²) in [4.78, 5) is 25.7. The molecule has 13 heteroatoms. The number of nitrogens with one attached hydrogen (secondary N) is 1. The van der Waals surface area contributed by atoms with Gasteiger partial charge >= 0.3 is 0 Å². The van der Waals surface area contributed by atoms with E-state index in [1.807, 2.05) is 35.2 Å². The Balaban J connectivity index is 1.12. The third-order valence-corrected chi connectivity index (χ3v) is 6.02. The summed E-state index contributed by atoms with van der Waals surface area (Å²) in [5, 5.41) is 21.7. The first-order valence-electron chi connectivity index (χ1n) is 11.7. The Bertz CT molecular complexity index is 1380. The van der Waals surface area contributed by atoms with E-state index in [9.17, 15) is 19.3 Å². The number of halogens is 1. The van der Waals surface area contributed by atoms with Crippen LogP contribution in [0, 0.1) is 10.1 Å². The van der Waals surface area contributed by atoms with Gasteiger partial charge in [-0.15, -0.1) is 0 Å². The van der Waals surface area contributed by atoms with Gasteiger partial charge in [0.05, 0.1) is 18.0 Å². The van der Waals surface area contributed by atoms with Crippen molar-refractivity contribution in [3.05, 3.63) is 82.8 Å². The second-order valence-electron chi connectivity index (χ2n) is 8.47. The van der Waals surface area contributed by atoms with Gasteiger partial charge in [0.1, 0.15) is 17.7 Å². The highest BCUT2D eigenvalue weighted by Crippen LogP contribution is 2.26. The number of non-ortho nitro benzene ring substituents is 1. The van der Waals surface area contributed by atoms with Crippen molar-refractivity contribution in [2.24, 2.45) is 0 Å². The smallest absolute Gasteiger partial charge is 0.269 e. The van der Waals surface area contributed by atoms with Crippen molar-refractivity contribution in [1.29, 1.82) is 0 Å². The molecule has 38 heavy (non-hydrogen) atoms. The molecule has 2 aromatic carbocycles. The number of nitro benzene ring substituents is 1. The molecule has 5 rings (SSSR count). The largest absolute Gasteiger partial charge is 0.484 e. The monoisotopic (exact) mass is 522 g/mol. The Morgan fingerprint density at radius 3 is 2.61 bits per heavy atom. The Morgan fingerprint density at radius 2 is 1.92 bits per heavy atom. The van der Waals surface area contributed by atoms with Crippen LogP contribution >= 0.6 is 0 Å². The third kappa shape index (κ3) is 5.72. The molecule has 0 spiro atoms. The molecule has 2 aromatic heterocycles. The van der Waals surface area contributed by atoms with E-state index in [1.165, 1.54) is 30.5 Å². The van der Waals surface area contributed by atoms with Crippen molar-refractivity contribution in [1.82, 2.24) is 15.2 Å². The highest BCUT2D eigenvalue weighted by Gasteiger charge is 2.30. The number of aromatic nitrogens is 2. The van der Waals surface area contributed by atoms with Crippen LogP contribution in [0.25, 0.3) is 11.3 Å². The lowest BCUT2D eigenvalue weighted by Crippen LogP contribution is -2.54. The topological polar surface area (TPSA) is 140 Å². The molecule has 12 nitrogen and oxygen atoms in total. The van der Waals surface area contributed by atoms with E-state index in [2.05, 4.69) is 15.6 Å². The highest BCUT2D eigenvalue weighted by molar-refractivity contribution is 5.78. The highest BCUT2D eigenvalue weighted by atomic mass is 19.1. The van der Waals surface area contributed by atoms with Crippen LogP contribution in [-0.2, 0) is 11.3 Å². The number of benzene rings is 2. The molecule has 196 valence electrons. The maximum Gasteiger partial charge on any atom is 0.269 e. The van der Waals surface area contributed by atoms with Crippen LogP contribution in [0.1, 0.15) is 5.76 Å². The molecule has 1 saturated heterocycles. The van der Waals surface area contributed by atoms with Gasteiger partial charge in [-0.2, -0.15) is 0 Å². The molecular weight excluding hydrogens is 499 g/mol. The summed E-state index contributed by atoms with van der Waals surface area (Å²) in [7, 11) is 0. The van der Waals surface area contributed by atoms with Crippen LogP contribution < -0.4 is 15.0 Å². The van der Waals surface area contributed by atoms with Gasteiger partial charge in [-0.05, 0) is 24.3 Å². The normalized spacial score (nSPS) is 15.3. The minimum absolute atomic E-state index is 0.0183. The number of anilines is 2. The predicted molar refractivity (Wildman–Crippen MR) is 133 cm³/mol. The zero-order valence-corrected chi connectivity index (χ0v) is 20.0. The van der Waals surface area contributed by atoms with E-state index in [-0.39, 0.29) is 25.4 Å². The van der Waals surface area contributed by atoms with Crippen LogP contribution in [0.4, 0.5) is 21.6 Å². The van der Waals surface area contributed by atoms with Crippen LogP contribution in [0.5, 0.6) is 5.75 Å². The molecule has 1 atom stereocenters. The fourth-order valence-electron chi connectivity index (χ4n) is 4.00. The number of hydrogen-bond donors (Lipinski definition) is 1. The van der Waals surface area contributed by atoms with E-state index >= 15 is 0 Å². The molecule has 0 bridgehead atoms. The summed E-state index contributed by atoms with van der Waals surface area (Å²) in [5.74, 6) is 1.03. The molecule has 1 fully saturated rings. The number of piperazine rings is 1. The lowest BCUT2D eigenvalue weighted by atomic mass is 10.1. The first kappa shape index (κ1) is 24.7. The van der Waals surface area contributed by atoms with E-state index in [0.717, 1.165) is 16.2 Å². The Hall–Kier alpha value is -4.94. The maximum atomic E-state index is 14.9. The summed E-state index contributed by atoms with van der Waals surface area (Å²) in [6.45, 7) is 0.698. The number of rotatable bonds is 9. The number of nitrogens with zero attached hydrogens (tertiary/aromatic N) is 5. The van der Waals surface area contributed by atoms with Crippen LogP contribution in [0.2, 0.25) is 0 Å². The maximum absolute atomic E-state index is 14.9. The molecule has 0 saturated carbocycles. The number of nitro groups is 1. The minimum Gasteiger partial charge on any atom is -0.484 e. The van der Waals surface area contributed by atoms with Gasteiger partial charge < -0.3 is 28.9 Å². The summed E-state index contributed by atoms with van der Waals surface area (Å²) in [6, 6.07) is 16.4. The van der Waals surface area contributed by atoms with E-state index < -0.39 is 17.1 Å². The molecule has 1 aliphatic heterocycles. The van der Waals surface area contributed by atoms with Crippen molar-refractivity contribution < 1.29 is 27.9 Å². The van der Waals surface area contributed by atoms with Gasteiger partial charge in [0.15, 0.2) is 24.5 Å². The average molecular weight is 522 g/mol. The Labute approximate surface area is 215 Å². The van der Waals surface area contributed by atoms with Crippen LogP contribution in [-0.4, -0.2) is 58.6 Å². The number of amides is 1.